The number of fused-ring (bicyclic) bond motifs is 2. The van der Waals surface area contributed by atoms with Gasteiger partial charge in [0.25, 0.3) is 0 Å². The van der Waals surface area contributed by atoms with Crippen LogP contribution < -0.4 is 5.73 Å². The van der Waals surface area contributed by atoms with Gasteiger partial charge in [-0.05, 0) is 61.5 Å². The van der Waals surface area contributed by atoms with Gasteiger partial charge in [0, 0.05) is 6.04 Å². The van der Waals surface area contributed by atoms with Crippen LogP contribution in [-0.2, 0) is 0 Å². The Kier molecular flexibility index (Phi) is 2.96. The van der Waals surface area contributed by atoms with E-state index < -0.39 is 0 Å². The Bertz CT molecular complexity index is 398. The molecule has 2 fully saturated rings. The van der Waals surface area contributed by atoms with Crippen molar-refractivity contribution in [2.75, 3.05) is 0 Å². The van der Waals surface area contributed by atoms with Crippen molar-refractivity contribution < 1.29 is 0 Å². The van der Waals surface area contributed by atoms with E-state index in [0.29, 0.717) is 0 Å². The maximum atomic E-state index is 6.41. The van der Waals surface area contributed by atoms with Crippen molar-refractivity contribution in [3.8, 4) is 0 Å². The van der Waals surface area contributed by atoms with Crippen LogP contribution in [0.1, 0.15) is 49.3 Å². The smallest absolute Gasteiger partial charge is 0.0300 e. The summed E-state index contributed by atoms with van der Waals surface area (Å²) in [5, 5.41) is 0. The highest BCUT2D eigenvalue weighted by molar-refractivity contribution is 5.28. The topological polar surface area (TPSA) is 26.0 Å². The molecule has 0 radical (unpaired) electrons. The van der Waals surface area contributed by atoms with E-state index in [-0.39, 0.29) is 6.04 Å². The second-order valence-corrected chi connectivity index (χ2v) is 6.13. The molecule has 0 spiro atoms. The molecule has 1 heteroatoms. The maximum absolute atomic E-state index is 6.41. The van der Waals surface area contributed by atoms with Crippen molar-refractivity contribution in [1.82, 2.24) is 0 Å². The minimum Gasteiger partial charge on any atom is -0.324 e. The van der Waals surface area contributed by atoms with Crippen LogP contribution >= 0.6 is 0 Å². The summed E-state index contributed by atoms with van der Waals surface area (Å²) in [6.45, 7) is 2.18. The molecule has 2 aliphatic carbocycles. The minimum absolute atomic E-state index is 0.251. The molecule has 1 aromatic rings. The average Bonchev–Trinajstić information content (AvgIpc) is 2.91. The highest BCUT2D eigenvalue weighted by Gasteiger charge is 2.39. The Hall–Kier alpha value is -0.820. The lowest BCUT2D eigenvalue weighted by Crippen LogP contribution is -2.20. The zero-order valence-corrected chi connectivity index (χ0v) is 10.7. The third-order valence-corrected chi connectivity index (χ3v) is 5.03. The number of hydrogen-bond donors (Lipinski definition) is 1. The molecule has 0 heterocycles. The molecule has 0 aromatic heterocycles. The maximum Gasteiger partial charge on any atom is 0.0300 e. The first-order valence-electron chi connectivity index (χ1n) is 7.05. The average molecular weight is 229 g/mol. The predicted molar refractivity (Wildman–Crippen MR) is 71.7 cm³/mol. The zero-order chi connectivity index (χ0) is 11.8. The Labute approximate surface area is 104 Å². The van der Waals surface area contributed by atoms with Crippen molar-refractivity contribution in [3.05, 3.63) is 35.4 Å². The summed E-state index contributed by atoms with van der Waals surface area (Å²) in [7, 11) is 0. The standard InChI is InChI=1S/C16H23N/c1-11-4-2-3-5-15(11)16(17)10-14-9-12-6-7-13(14)8-12/h2-5,12-14,16H,6-10,17H2,1H3. The van der Waals surface area contributed by atoms with Gasteiger partial charge in [-0.3, -0.25) is 0 Å². The van der Waals surface area contributed by atoms with Crippen molar-refractivity contribution in [1.29, 1.82) is 0 Å². The van der Waals surface area contributed by atoms with Gasteiger partial charge in [0.15, 0.2) is 0 Å². The molecule has 3 rings (SSSR count). The highest BCUT2D eigenvalue weighted by Crippen LogP contribution is 2.50. The molecule has 2 saturated carbocycles. The first-order valence-corrected chi connectivity index (χ1v) is 7.05. The summed E-state index contributed by atoms with van der Waals surface area (Å²) in [5.74, 6) is 2.94. The van der Waals surface area contributed by atoms with Gasteiger partial charge >= 0.3 is 0 Å². The van der Waals surface area contributed by atoms with Crippen LogP contribution in [0.2, 0.25) is 0 Å². The van der Waals surface area contributed by atoms with E-state index in [1.165, 1.54) is 43.2 Å². The fraction of sp³-hybridized carbons (Fsp3) is 0.625. The van der Waals surface area contributed by atoms with E-state index in [1.54, 1.807) is 0 Å². The largest absolute Gasteiger partial charge is 0.324 e. The lowest BCUT2D eigenvalue weighted by Gasteiger charge is -2.25. The first kappa shape index (κ1) is 11.3. The third kappa shape index (κ3) is 2.13. The van der Waals surface area contributed by atoms with Gasteiger partial charge in [-0.2, -0.15) is 0 Å². The molecule has 92 valence electrons. The van der Waals surface area contributed by atoms with E-state index >= 15 is 0 Å². The molecule has 0 saturated heterocycles. The van der Waals surface area contributed by atoms with Gasteiger partial charge in [0.1, 0.15) is 0 Å². The Morgan fingerprint density at radius 3 is 2.71 bits per heavy atom. The van der Waals surface area contributed by atoms with Crippen LogP contribution in [0.25, 0.3) is 0 Å². The number of rotatable bonds is 3. The molecule has 17 heavy (non-hydrogen) atoms. The quantitative estimate of drug-likeness (QED) is 0.837. The molecule has 0 aliphatic heterocycles. The predicted octanol–water partition coefficient (Wildman–Crippen LogP) is 3.82. The lowest BCUT2D eigenvalue weighted by atomic mass is 9.82. The van der Waals surface area contributed by atoms with Crippen LogP contribution in [0.3, 0.4) is 0 Å². The molecular formula is C16H23N. The molecule has 2 aliphatic rings. The number of aryl methyl sites for hydroxylation is 1. The molecule has 1 nitrogen and oxygen atoms in total. The van der Waals surface area contributed by atoms with Crippen LogP contribution in [0.5, 0.6) is 0 Å². The van der Waals surface area contributed by atoms with E-state index in [4.69, 9.17) is 5.73 Å². The third-order valence-electron chi connectivity index (χ3n) is 5.03. The fourth-order valence-corrected chi connectivity index (χ4v) is 4.12. The van der Waals surface area contributed by atoms with Gasteiger partial charge in [-0.25, -0.2) is 0 Å². The van der Waals surface area contributed by atoms with Crippen molar-refractivity contribution in [2.45, 2.75) is 45.1 Å². The van der Waals surface area contributed by atoms with Gasteiger partial charge in [-0.15, -0.1) is 0 Å². The fourth-order valence-electron chi connectivity index (χ4n) is 4.12. The molecule has 1 aromatic carbocycles. The monoisotopic (exact) mass is 229 g/mol. The van der Waals surface area contributed by atoms with E-state index in [2.05, 4.69) is 31.2 Å². The Balaban J connectivity index is 1.68. The second kappa shape index (κ2) is 4.45. The van der Waals surface area contributed by atoms with Gasteiger partial charge in [-0.1, -0.05) is 30.7 Å². The van der Waals surface area contributed by atoms with Crippen molar-refractivity contribution in [2.24, 2.45) is 23.5 Å². The normalized spacial score (nSPS) is 32.9. The summed E-state index contributed by atoms with van der Waals surface area (Å²) in [6, 6.07) is 8.84. The van der Waals surface area contributed by atoms with Gasteiger partial charge in [0.05, 0.1) is 0 Å². The Morgan fingerprint density at radius 2 is 2.06 bits per heavy atom. The van der Waals surface area contributed by atoms with Crippen LogP contribution in [0, 0.1) is 24.7 Å². The molecule has 4 atom stereocenters. The summed E-state index contributed by atoms with van der Waals surface area (Å²) in [6.07, 6.45) is 7.10. The highest BCUT2D eigenvalue weighted by atomic mass is 14.6. The summed E-state index contributed by atoms with van der Waals surface area (Å²) < 4.78 is 0. The Morgan fingerprint density at radius 1 is 1.24 bits per heavy atom. The van der Waals surface area contributed by atoms with Crippen molar-refractivity contribution >= 4 is 0 Å². The summed E-state index contributed by atoms with van der Waals surface area (Å²) >= 11 is 0. The van der Waals surface area contributed by atoms with Crippen molar-refractivity contribution in [3.63, 3.8) is 0 Å². The lowest BCUT2D eigenvalue weighted by molar-refractivity contribution is 0.296. The van der Waals surface area contributed by atoms with Crippen LogP contribution in [-0.4, -0.2) is 0 Å². The molecule has 2 bridgehead atoms. The zero-order valence-electron chi connectivity index (χ0n) is 10.7. The van der Waals surface area contributed by atoms with E-state index in [0.717, 1.165) is 17.8 Å². The second-order valence-electron chi connectivity index (χ2n) is 6.13. The van der Waals surface area contributed by atoms with Crippen LogP contribution in [0.4, 0.5) is 0 Å². The minimum atomic E-state index is 0.251. The SMILES string of the molecule is Cc1ccccc1C(N)CC1CC2CCC1C2. The molecule has 2 N–H and O–H groups in total. The van der Waals surface area contributed by atoms with E-state index in [1.807, 2.05) is 0 Å². The summed E-state index contributed by atoms with van der Waals surface area (Å²) in [4.78, 5) is 0. The molecule has 4 unspecified atom stereocenters. The van der Waals surface area contributed by atoms with E-state index in [9.17, 15) is 0 Å². The number of hydrogen-bond acceptors (Lipinski definition) is 1. The first-order chi connectivity index (χ1) is 8.24. The number of benzene rings is 1. The number of nitrogens with two attached hydrogens (primary N) is 1. The van der Waals surface area contributed by atoms with Gasteiger partial charge in [0.2, 0.25) is 0 Å². The van der Waals surface area contributed by atoms with Gasteiger partial charge < -0.3 is 5.73 Å². The van der Waals surface area contributed by atoms with Crippen LogP contribution in [0.15, 0.2) is 24.3 Å². The summed E-state index contributed by atoms with van der Waals surface area (Å²) in [5.41, 5.74) is 9.11. The molecule has 0 amide bonds. The molecular weight excluding hydrogens is 206 g/mol.